The number of aromatic nitrogens is 2. The number of amides is 1. The van der Waals surface area contributed by atoms with E-state index in [1.54, 1.807) is 4.90 Å². The second-order valence-corrected chi connectivity index (χ2v) is 7.62. The lowest BCUT2D eigenvalue weighted by Crippen LogP contribution is -2.47. The van der Waals surface area contributed by atoms with Crippen molar-refractivity contribution in [2.75, 3.05) is 18.4 Å². The van der Waals surface area contributed by atoms with E-state index in [0.29, 0.717) is 24.1 Å². The minimum Gasteiger partial charge on any atom is -0.444 e. The van der Waals surface area contributed by atoms with Gasteiger partial charge in [-0.15, -0.1) is 0 Å². The molecule has 0 spiro atoms. The molecule has 0 bridgehead atoms. The maximum atomic E-state index is 12.3. The molecule has 7 heteroatoms. The minimum atomic E-state index is -0.495. The molecule has 1 aliphatic heterocycles. The molecule has 1 atom stereocenters. The van der Waals surface area contributed by atoms with Crippen molar-refractivity contribution in [1.29, 1.82) is 0 Å². The van der Waals surface area contributed by atoms with Crippen molar-refractivity contribution >= 4 is 34.5 Å². The fourth-order valence-electron chi connectivity index (χ4n) is 2.85. The van der Waals surface area contributed by atoms with Gasteiger partial charge in [0, 0.05) is 19.1 Å². The number of piperidine rings is 1. The maximum Gasteiger partial charge on any atom is 0.410 e. The third-order valence-electron chi connectivity index (χ3n) is 3.94. The van der Waals surface area contributed by atoms with Gasteiger partial charge >= 0.3 is 6.09 Å². The number of benzene rings is 1. The van der Waals surface area contributed by atoms with Crippen LogP contribution >= 0.6 is 11.6 Å². The SMILES string of the molecule is CC(C)(C)OC(=O)N1CCC[C@@H](Nc2nc3ccccc3nc2Cl)C1. The Kier molecular flexibility index (Phi) is 4.99. The summed E-state index contributed by atoms with van der Waals surface area (Å²) >= 11 is 6.27. The molecule has 25 heavy (non-hydrogen) atoms. The molecule has 0 saturated carbocycles. The predicted octanol–water partition coefficient (Wildman–Crippen LogP) is 4.09. The van der Waals surface area contributed by atoms with E-state index in [1.165, 1.54) is 0 Å². The zero-order valence-electron chi connectivity index (χ0n) is 14.8. The highest BCUT2D eigenvalue weighted by Crippen LogP contribution is 2.24. The third kappa shape index (κ3) is 4.51. The summed E-state index contributed by atoms with van der Waals surface area (Å²) in [7, 11) is 0. The number of nitrogens with zero attached hydrogens (tertiary/aromatic N) is 3. The molecule has 134 valence electrons. The summed E-state index contributed by atoms with van der Waals surface area (Å²) in [4.78, 5) is 22.9. The van der Waals surface area contributed by atoms with Crippen molar-refractivity contribution in [1.82, 2.24) is 14.9 Å². The van der Waals surface area contributed by atoms with E-state index in [0.717, 1.165) is 23.9 Å². The van der Waals surface area contributed by atoms with Gasteiger partial charge in [0.2, 0.25) is 0 Å². The molecule has 0 radical (unpaired) electrons. The highest BCUT2D eigenvalue weighted by Gasteiger charge is 2.28. The third-order valence-corrected chi connectivity index (χ3v) is 4.21. The molecular formula is C18H23ClN4O2. The Morgan fingerprint density at radius 1 is 1.28 bits per heavy atom. The van der Waals surface area contributed by atoms with E-state index >= 15 is 0 Å². The summed E-state index contributed by atoms with van der Waals surface area (Å²) in [5.41, 5.74) is 1.05. The summed E-state index contributed by atoms with van der Waals surface area (Å²) in [6.45, 7) is 6.86. The van der Waals surface area contributed by atoms with E-state index in [-0.39, 0.29) is 12.1 Å². The summed E-state index contributed by atoms with van der Waals surface area (Å²) in [5.74, 6) is 0.552. The van der Waals surface area contributed by atoms with Crippen LogP contribution < -0.4 is 5.32 Å². The largest absolute Gasteiger partial charge is 0.444 e. The predicted molar refractivity (Wildman–Crippen MR) is 99.0 cm³/mol. The van der Waals surface area contributed by atoms with Crippen molar-refractivity contribution in [3.05, 3.63) is 29.4 Å². The van der Waals surface area contributed by atoms with Crippen molar-refractivity contribution in [3.63, 3.8) is 0 Å². The normalized spacial score (nSPS) is 18.2. The maximum absolute atomic E-state index is 12.3. The molecular weight excluding hydrogens is 340 g/mol. The number of hydrogen-bond acceptors (Lipinski definition) is 5. The lowest BCUT2D eigenvalue weighted by molar-refractivity contribution is 0.0206. The van der Waals surface area contributed by atoms with Gasteiger partial charge in [-0.05, 0) is 45.7 Å². The van der Waals surface area contributed by atoms with Gasteiger partial charge in [0.05, 0.1) is 11.0 Å². The van der Waals surface area contributed by atoms with Crippen LogP contribution in [0.3, 0.4) is 0 Å². The molecule has 2 aromatic rings. The van der Waals surface area contributed by atoms with E-state index in [1.807, 2.05) is 45.0 Å². The van der Waals surface area contributed by atoms with Crippen LogP contribution in [0.25, 0.3) is 11.0 Å². The molecule has 0 aliphatic carbocycles. The number of fused-ring (bicyclic) bond motifs is 1. The first-order chi connectivity index (χ1) is 11.8. The molecule has 1 saturated heterocycles. The Morgan fingerprint density at radius 3 is 2.64 bits per heavy atom. The average molecular weight is 363 g/mol. The molecule has 3 rings (SSSR count). The number of para-hydroxylation sites is 2. The topological polar surface area (TPSA) is 67.3 Å². The zero-order chi connectivity index (χ0) is 18.0. The molecule has 1 aromatic carbocycles. The fourth-order valence-corrected chi connectivity index (χ4v) is 3.04. The monoisotopic (exact) mass is 362 g/mol. The first-order valence-corrected chi connectivity index (χ1v) is 8.86. The summed E-state index contributed by atoms with van der Waals surface area (Å²) in [6, 6.07) is 7.66. The molecule has 1 fully saturated rings. The van der Waals surface area contributed by atoms with Crippen LogP contribution in [0, 0.1) is 0 Å². The zero-order valence-corrected chi connectivity index (χ0v) is 15.5. The van der Waals surface area contributed by atoms with Crippen molar-refractivity contribution in [2.45, 2.75) is 45.3 Å². The van der Waals surface area contributed by atoms with Gasteiger partial charge in [0.25, 0.3) is 0 Å². The van der Waals surface area contributed by atoms with Crippen molar-refractivity contribution in [3.8, 4) is 0 Å². The second-order valence-electron chi connectivity index (χ2n) is 7.26. The van der Waals surface area contributed by atoms with Crippen LogP contribution in [0.15, 0.2) is 24.3 Å². The van der Waals surface area contributed by atoms with E-state index in [4.69, 9.17) is 16.3 Å². The average Bonchev–Trinajstić information content (AvgIpc) is 2.54. The van der Waals surface area contributed by atoms with Crippen LogP contribution in [-0.2, 0) is 4.74 Å². The van der Waals surface area contributed by atoms with Gasteiger partial charge in [-0.1, -0.05) is 23.7 Å². The summed E-state index contributed by atoms with van der Waals surface area (Å²) in [5, 5.41) is 3.67. The molecule has 2 heterocycles. The van der Waals surface area contributed by atoms with Crippen molar-refractivity contribution in [2.24, 2.45) is 0 Å². The Morgan fingerprint density at radius 2 is 1.96 bits per heavy atom. The molecule has 1 amide bonds. The van der Waals surface area contributed by atoms with Crippen LogP contribution in [0.4, 0.5) is 10.6 Å². The molecule has 6 nitrogen and oxygen atoms in total. The Labute approximate surface area is 152 Å². The van der Waals surface area contributed by atoms with Crippen LogP contribution in [0.1, 0.15) is 33.6 Å². The van der Waals surface area contributed by atoms with E-state index in [9.17, 15) is 4.79 Å². The first-order valence-electron chi connectivity index (χ1n) is 8.48. The number of ether oxygens (including phenoxy) is 1. The standard InChI is InChI=1S/C18H23ClN4O2/c1-18(2,3)25-17(24)23-10-6-7-12(11-23)20-16-15(19)21-13-8-4-5-9-14(13)22-16/h4-5,8-9,12H,6-7,10-11H2,1-3H3,(H,20,22)/t12-/m1/s1. The second kappa shape index (κ2) is 7.04. The molecule has 1 aromatic heterocycles. The number of nitrogens with one attached hydrogen (secondary N) is 1. The lowest BCUT2D eigenvalue weighted by Gasteiger charge is -2.34. The lowest BCUT2D eigenvalue weighted by atomic mass is 10.1. The quantitative estimate of drug-likeness (QED) is 0.871. The summed E-state index contributed by atoms with van der Waals surface area (Å²) < 4.78 is 5.46. The van der Waals surface area contributed by atoms with E-state index < -0.39 is 5.60 Å². The fraction of sp³-hybridized carbons (Fsp3) is 0.500. The number of halogens is 1. The Balaban J connectivity index is 1.70. The molecule has 0 unspecified atom stereocenters. The highest BCUT2D eigenvalue weighted by atomic mass is 35.5. The van der Waals surface area contributed by atoms with Crippen molar-refractivity contribution < 1.29 is 9.53 Å². The molecule has 1 aliphatic rings. The smallest absolute Gasteiger partial charge is 0.410 e. The number of carbonyl (C=O) groups is 1. The van der Waals surface area contributed by atoms with Gasteiger partial charge in [-0.25, -0.2) is 14.8 Å². The van der Waals surface area contributed by atoms with Crippen LogP contribution in [-0.4, -0.2) is 45.7 Å². The Bertz CT molecular complexity index is 775. The summed E-state index contributed by atoms with van der Waals surface area (Å²) in [6.07, 6.45) is 1.55. The van der Waals surface area contributed by atoms with E-state index in [2.05, 4.69) is 15.3 Å². The van der Waals surface area contributed by atoms with Gasteiger partial charge in [-0.3, -0.25) is 0 Å². The van der Waals surface area contributed by atoms with Gasteiger partial charge in [-0.2, -0.15) is 0 Å². The number of hydrogen-bond donors (Lipinski definition) is 1. The Hall–Kier alpha value is -2.08. The number of carbonyl (C=O) groups excluding carboxylic acids is 1. The number of rotatable bonds is 2. The first kappa shape index (κ1) is 17.7. The highest BCUT2D eigenvalue weighted by molar-refractivity contribution is 6.32. The van der Waals surface area contributed by atoms with Crippen LogP contribution in [0.2, 0.25) is 5.15 Å². The van der Waals surface area contributed by atoms with Gasteiger partial charge < -0.3 is 15.0 Å². The minimum absolute atomic E-state index is 0.0641. The number of anilines is 1. The molecule has 1 N–H and O–H groups in total. The van der Waals surface area contributed by atoms with Gasteiger partial charge in [0.15, 0.2) is 11.0 Å². The van der Waals surface area contributed by atoms with Gasteiger partial charge in [0.1, 0.15) is 5.60 Å². The van der Waals surface area contributed by atoms with Crippen LogP contribution in [0.5, 0.6) is 0 Å². The number of likely N-dealkylation sites (tertiary alicyclic amines) is 1.